The minimum Gasteiger partial charge on any atom is -0.344 e. The number of hydrogen-bond donors (Lipinski definition) is 0. The van der Waals surface area contributed by atoms with Crippen LogP contribution in [0.2, 0.25) is 0 Å². The van der Waals surface area contributed by atoms with Gasteiger partial charge in [-0.2, -0.15) is 0 Å². The molecule has 0 aliphatic heterocycles. The second-order valence-corrected chi connectivity index (χ2v) is 4.57. The maximum atomic E-state index is 11.1. The smallest absolute Gasteiger partial charge is 0.152 e. The van der Waals surface area contributed by atoms with Crippen LogP contribution in [-0.2, 0) is 0 Å². The summed E-state index contributed by atoms with van der Waals surface area (Å²) in [6, 6.07) is 14.2. The second kappa shape index (κ2) is 5.05. The average molecular weight is 239 g/mol. The molecule has 92 valence electrons. The van der Waals surface area contributed by atoms with E-state index in [-0.39, 0.29) is 0 Å². The molecule has 0 fully saturated rings. The third-order valence-electron chi connectivity index (χ3n) is 3.09. The highest BCUT2D eigenvalue weighted by Crippen LogP contribution is 2.27. The van der Waals surface area contributed by atoms with Crippen molar-refractivity contribution in [3.8, 4) is 0 Å². The first-order valence-corrected chi connectivity index (χ1v) is 5.98. The first-order valence-electron chi connectivity index (χ1n) is 5.98. The molecule has 0 aliphatic carbocycles. The van der Waals surface area contributed by atoms with E-state index in [1.807, 2.05) is 37.1 Å². The predicted octanol–water partition coefficient (Wildman–Crippen LogP) is 3.88. The van der Waals surface area contributed by atoms with E-state index in [1.165, 1.54) is 5.56 Å². The first kappa shape index (κ1) is 12.4. The molecule has 0 amide bonds. The summed E-state index contributed by atoms with van der Waals surface area (Å²) < 4.78 is 0. The van der Waals surface area contributed by atoms with Crippen LogP contribution in [0.4, 0.5) is 11.4 Å². The van der Waals surface area contributed by atoms with Crippen LogP contribution >= 0.6 is 0 Å². The third-order valence-corrected chi connectivity index (χ3v) is 3.09. The molecule has 2 rings (SSSR count). The Morgan fingerprint density at radius 2 is 1.56 bits per heavy atom. The van der Waals surface area contributed by atoms with Gasteiger partial charge in [0.2, 0.25) is 0 Å². The summed E-state index contributed by atoms with van der Waals surface area (Å²) in [5.41, 5.74) is 5.05. The lowest BCUT2D eigenvalue weighted by Gasteiger charge is -2.21. The third kappa shape index (κ3) is 2.43. The summed E-state index contributed by atoms with van der Waals surface area (Å²) in [4.78, 5) is 13.2. The van der Waals surface area contributed by atoms with Gasteiger partial charge in [0.15, 0.2) is 6.29 Å². The molecule has 0 saturated carbocycles. The Morgan fingerprint density at radius 1 is 0.944 bits per heavy atom. The van der Waals surface area contributed by atoms with Crippen molar-refractivity contribution in [3.63, 3.8) is 0 Å². The topological polar surface area (TPSA) is 20.3 Å². The molecule has 0 N–H and O–H groups in total. The summed E-state index contributed by atoms with van der Waals surface area (Å²) in [6.07, 6.45) is 0.910. The van der Waals surface area contributed by atoms with E-state index in [4.69, 9.17) is 0 Å². The van der Waals surface area contributed by atoms with Gasteiger partial charge in [-0.15, -0.1) is 0 Å². The Bertz CT molecular complexity index is 558. The summed E-state index contributed by atoms with van der Waals surface area (Å²) in [6.45, 7) is 4.05. The zero-order chi connectivity index (χ0) is 13.1. The van der Waals surface area contributed by atoms with Gasteiger partial charge in [0.05, 0.1) is 5.69 Å². The van der Waals surface area contributed by atoms with Gasteiger partial charge in [0.25, 0.3) is 0 Å². The minimum atomic E-state index is 0.720. The molecule has 0 aliphatic rings. The van der Waals surface area contributed by atoms with E-state index in [9.17, 15) is 4.79 Å². The van der Waals surface area contributed by atoms with Crippen LogP contribution in [0.1, 0.15) is 21.5 Å². The fourth-order valence-corrected chi connectivity index (χ4v) is 1.98. The number of aldehydes is 1. The number of rotatable bonds is 3. The first-order chi connectivity index (χ1) is 8.61. The molecule has 0 saturated heterocycles. The molecule has 0 atom stereocenters. The lowest BCUT2D eigenvalue weighted by Crippen LogP contribution is -2.11. The molecule has 2 aromatic rings. The zero-order valence-corrected chi connectivity index (χ0v) is 11.0. The molecular weight excluding hydrogens is 222 g/mol. The molecular formula is C16H17NO. The van der Waals surface area contributed by atoms with Crippen molar-refractivity contribution in [2.75, 3.05) is 11.9 Å². The molecule has 0 heterocycles. The highest BCUT2D eigenvalue weighted by atomic mass is 16.1. The van der Waals surface area contributed by atoms with Gasteiger partial charge < -0.3 is 4.90 Å². The van der Waals surface area contributed by atoms with Crippen LogP contribution in [0.3, 0.4) is 0 Å². The van der Waals surface area contributed by atoms with Crippen LogP contribution in [0.25, 0.3) is 0 Å². The fourth-order valence-electron chi connectivity index (χ4n) is 1.98. The summed E-state index contributed by atoms with van der Waals surface area (Å²) in [5, 5.41) is 0. The molecule has 18 heavy (non-hydrogen) atoms. The number of aryl methyl sites for hydroxylation is 2. The maximum absolute atomic E-state index is 11.1. The lowest BCUT2D eigenvalue weighted by atomic mass is 10.1. The van der Waals surface area contributed by atoms with E-state index >= 15 is 0 Å². The van der Waals surface area contributed by atoms with Gasteiger partial charge in [-0.1, -0.05) is 29.3 Å². The van der Waals surface area contributed by atoms with Crippen molar-refractivity contribution >= 4 is 17.7 Å². The highest BCUT2D eigenvalue weighted by Gasteiger charge is 2.08. The standard InChI is InChI=1S/C16H17NO/c1-12-4-7-15(8-5-12)17(3)16-9-6-13(2)10-14(16)11-18/h4-11H,1-3H3. The zero-order valence-electron chi connectivity index (χ0n) is 11.0. The number of nitrogens with zero attached hydrogens (tertiary/aromatic N) is 1. The molecule has 0 bridgehead atoms. The Kier molecular flexibility index (Phi) is 3.47. The van der Waals surface area contributed by atoms with Crippen LogP contribution in [0.5, 0.6) is 0 Å². The number of benzene rings is 2. The van der Waals surface area contributed by atoms with E-state index in [2.05, 4.69) is 31.2 Å². The molecule has 0 aromatic heterocycles. The second-order valence-electron chi connectivity index (χ2n) is 4.57. The fraction of sp³-hybridized carbons (Fsp3) is 0.188. The molecule has 2 aromatic carbocycles. The summed E-state index contributed by atoms with van der Waals surface area (Å²) >= 11 is 0. The van der Waals surface area contributed by atoms with Crippen molar-refractivity contribution in [3.05, 3.63) is 59.2 Å². The Balaban J connectivity index is 2.42. The van der Waals surface area contributed by atoms with Crippen LogP contribution in [0, 0.1) is 13.8 Å². The highest BCUT2D eigenvalue weighted by molar-refractivity contribution is 5.87. The largest absolute Gasteiger partial charge is 0.344 e. The number of carbonyl (C=O) groups excluding carboxylic acids is 1. The van der Waals surface area contributed by atoms with Gasteiger partial charge >= 0.3 is 0 Å². The monoisotopic (exact) mass is 239 g/mol. The quantitative estimate of drug-likeness (QED) is 0.757. The predicted molar refractivity (Wildman–Crippen MR) is 75.8 cm³/mol. The Labute approximate surface area is 108 Å². The molecule has 0 radical (unpaired) electrons. The van der Waals surface area contributed by atoms with Gasteiger partial charge in [0, 0.05) is 18.3 Å². The molecule has 2 heteroatoms. The average Bonchev–Trinajstić information content (AvgIpc) is 2.38. The Morgan fingerprint density at radius 3 is 2.17 bits per heavy atom. The van der Waals surface area contributed by atoms with Gasteiger partial charge in [0.1, 0.15) is 0 Å². The maximum Gasteiger partial charge on any atom is 0.152 e. The van der Waals surface area contributed by atoms with E-state index < -0.39 is 0 Å². The summed E-state index contributed by atoms with van der Waals surface area (Å²) in [7, 11) is 1.97. The van der Waals surface area contributed by atoms with E-state index in [1.54, 1.807) is 0 Å². The molecule has 2 nitrogen and oxygen atoms in total. The normalized spacial score (nSPS) is 10.2. The Hall–Kier alpha value is -2.09. The van der Waals surface area contributed by atoms with Gasteiger partial charge in [-0.05, 0) is 38.1 Å². The number of hydrogen-bond acceptors (Lipinski definition) is 2. The van der Waals surface area contributed by atoms with Gasteiger partial charge in [-0.3, -0.25) is 4.79 Å². The summed E-state index contributed by atoms with van der Waals surface area (Å²) in [5.74, 6) is 0. The lowest BCUT2D eigenvalue weighted by molar-refractivity contribution is 0.112. The number of carbonyl (C=O) groups is 1. The SMILES string of the molecule is Cc1ccc(N(C)c2ccc(C)cc2C=O)cc1. The van der Waals surface area contributed by atoms with Crippen molar-refractivity contribution in [2.45, 2.75) is 13.8 Å². The van der Waals surface area contributed by atoms with E-state index in [0.717, 1.165) is 28.8 Å². The number of anilines is 2. The van der Waals surface area contributed by atoms with Gasteiger partial charge in [-0.25, -0.2) is 0 Å². The minimum absolute atomic E-state index is 0.720. The van der Waals surface area contributed by atoms with Crippen molar-refractivity contribution in [1.82, 2.24) is 0 Å². The van der Waals surface area contributed by atoms with Crippen molar-refractivity contribution in [2.24, 2.45) is 0 Å². The van der Waals surface area contributed by atoms with E-state index in [0.29, 0.717) is 0 Å². The van der Waals surface area contributed by atoms with Crippen LogP contribution in [-0.4, -0.2) is 13.3 Å². The van der Waals surface area contributed by atoms with Crippen molar-refractivity contribution in [1.29, 1.82) is 0 Å². The van der Waals surface area contributed by atoms with Crippen LogP contribution < -0.4 is 4.90 Å². The molecule has 0 spiro atoms. The van der Waals surface area contributed by atoms with Crippen LogP contribution in [0.15, 0.2) is 42.5 Å². The molecule has 0 unspecified atom stereocenters. The van der Waals surface area contributed by atoms with Crippen molar-refractivity contribution < 1.29 is 4.79 Å².